The number of hydrogen-bond acceptors (Lipinski definition) is 1. The van der Waals surface area contributed by atoms with Gasteiger partial charge in [-0.3, -0.25) is 4.79 Å². The van der Waals surface area contributed by atoms with E-state index in [4.69, 9.17) is 0 Å². The van der Waals surface area contributed by atoms with Crippen molar-refractivity contribution in [2.75, 3.05) is 0 Å². The number of carbonyl (C=O) groups excluding carboxylic acids is 1. The van der Waals surface area contributed by atoms with Gasteiger partial charge in [0.25, 0.3) is 0 Å². The van der Waals surface area contributed by atoms with Crippen LogP contribution in [-0.2, 0) is 10.2 Å². The minimum absolute atomic E-state index is 0.0391. The van der Waals surface area contributed by atoms with Gasteiger partial charge in [0.1, 0.15) is 5.78 Å². The van der Waals surface area contributed by atoms with E-state index in [1.807, 2.05) is 0 Å². The summed E-state index contributed by atoms with van der Waals surface area (Å²) in [6.07, 6.45) is 6.92. The highest BCUT2D eigenvalue weighted by Gasteiger charge is 2.51. The van der Waals surface area contributed by atoms with Crippen LogP contribution in [0.1, 0.15) is 76.3 Å². The molecule has 1 aromatic carbocycles. The lowest BCUT2D eigenvalue weighted by Gasteiger charge is -2.53. The van der Waals surface area contributed by atoms with Crippen LogP contribution in [0.25, 0.3) is 0 Å². The van der Waals surface area contributed by atoms with Crippen LogP contribution in [0, 0.1) is 5.41 Å². The largest absolute Gasteiger partial charge is 0.299 e. The highest BCUT2D eigenvalue weighted by atomic mass is 16.1. The van der Waals surface area contributed by atoms with Crippen molar-refractivity contribution in [3.8, 4) is 0 Å². The minimum atomic E-state index is 0.0391. The van der Waals surface area contributed by atoms with Gasteiger partial charge in [-0.25, -0.2) is 0 Å². The van der Waals surface area contributed by atoms with E-state index in [0.717, 1.165) is 19.3 Å². The summed E-state index contributed by atoms with van der Waals surface area (Å²) >= 11 is 0. The number of benzene rings is 1. The summed E-state index contributed by atoms with van der Waals surface area (Å²) in [5.41, 5.74) is 3.38. The molecule has 4 rings (SSSR count). The van der Waals surface area contributed by atoms with Gasteiger partial charge in [-0.1, -0.05) is 38.1 Å². The van der Waals surface area contributed by atoms with Crippen LogP contribution in [-0.4, -0.2) is 5.78 Å². The first kappa shape index (κ1) is 13.9. The molecule has 0 radical (unpaired) electrons. The zero-order chi connectivity index (χ0) is 14.4. The van der Waals surface area contributed by atoms with Crippen molar-refractivity contribution in [2.24, 2.45) is 5.41 Å². The molecule has 0 heterocycles. The Labute approximate surface area is 122 Å². The number of hydrogen-bond donors (Lipinski definition) is 0. The molecule has 108 valence electrons. The Hall–Kier alpha value is -1.11. The van der Waals surface area contributed by atoms with Crippen molar-refractivity contribution >= 4 is 5.78 Å². The Bertz CT molecular complexity index is 502. The molecule has 0 aliphatic heterocycles. The van der Waals surface area contributed by atoms with Crippen LogP contribution >= 0.6 is 0 Å². The maximum Gasteiger partial charge on any atom is 0.135 e. The molecule has 0 atom stereocenters. The molecule has 3 aliphatic carbocycles. The van der Waals surface area contributed by atoms with Crippen molar-refractivity contribution in [1.29, 1.82) is 0 Å². The van der Waals surface area contributed by atoms with E-state index in [9.17, 15) is 4.79 Å². The van der Waals surface area contributed by atoms with Crippen LogP contribution in [0.2, 0.25) is 0 Å². The monoisotopic (exact) mass is 270 g/mol. The minimum Gasteiger partial charge on any atom is -0.299 e. The average Bonchev–Trinajstić information content (AvgIpc) is 2.49. The SMILES string of the molecule is CC(=O)C12CCC(c3cccc(C(C)C)c3)(CC1)CC2. The molecule has 0 saturated heterocycles. The van der Waals surface area contributed by atoms with Crippen LogP contribution in [0.3, 0.4) is 0 Å². The number of carbonyl (C=O) groups is 1. The third-order valence-corrected chi connectivity index (χ3v) is 6.16. The zero-order valence-corrected chi connectivity index (χ0v) is 13.0. The molecule has 1 aromatic rings. The Morgan fingerprint density at radius 2 is 1.65 bits per heavy atom. The predicted octanol–water partition coefficient (Wildman–Crippen LogP) is 4.99. The smallest absolute Gasteiger partial charge is 0.135 e. The Morgan fingerprint density at radius 3 is 2.15 bits per heavy atom. The molecule has 0 amide bonds. The van der Waals surface area contributed by atoms with E-state index in [0.29, 0.717) is 17.1 Å². The summed E-state index contributed by atoms with van der Waals surface area (Å²) in [4.78, 5) is 12.0. The normalized spacial score (nSPS) is 32.6. The van der Waals surface area contributed by atoms with E-state index in [-0.39, 0.29) is 5.41 Å². The standard InChI is InChI=1S/C19H26O/c1-14(2)16-5-4-6-17(13-16)19-10-7-18(8-11-19,9-12-19)15(3)20/h4-6,13-14H,7-12H2,1-3H3. The fourth-order valence-corrected chi connectivity index (χ4v) is 4.37. The summed E-state index contributed by atoms with van der Waals surface area (Å²) in [6, 6.07) is 9.21. The lowest BCUT2D eigenvalue weighted by Crippen LogP contribution is -2.47. The van der Waals surface area contributed by atoms with Gasteiger partial charge in [0.2, 0.25) is 0 Å². The van der Waals surface area contributed by atoms with Crippen molar-refractivity contribution in [3.05, 3.63) is 35.4 Å². The second-order valence-corrected chi connectivity index (χ2v) is 7.40. The molecule has 1 nitrogen and oxygen atoms in total. The molecule has 3 fully saturated rings. The van der Waals surface area contributed by atoms with Gasteiger partial charge >= 0.3 is 0 Å². The first-order valence-corrected chi connectivity index (χ1v) is 8.09. The second-order valence-electron chi connectivity index (χ2n) is 7.40. The van der Waals surface area contributed by atoms with E-state index >= 15 is 0 Å². The molecule has 3 saturated carbocycles. The lowest BCUT2D eigenvalue weighted by molar-refractivity contribution is -0.133. The zero-order valence-electron chi connectivity index (χ0n) is 13.0. The lowest BCUT2D eigenvalue weighted by atomic mass is 9.51. The highest BCUT2D eigenvalue weighted by molar-refractivity contribution is 5.82. The number of fused-ring (bicyclic) bond motifs is 3. The first-order chi connectivity index (χ1) is 9.47. The molecular formula is C19H26O. The van der Waals surface area contributed by atoms with E-state index in [1.165, 1.54) is 30.4 Å². The molecule has 1 heteroatoms. The molecular weight excluding hydrogens is 244 g/mol. The topological polar surface area (TPSA) is 17.1 Å². The number of ketones is 1. The Kier molecular flexibility index (Phi) is 3.27. The maximum absolute atomic E-state index is 12.0. The average molecular weight is 270 g/mol. The van der Waals surface area contributed by atoms with Crippen LogP contribution in [0.4, 0.5) is 0 Å². The van der Waals surface area contributed by atoms with E-state index < -0.39 is 0 Å². The van der Waals surface area contributed by atoms with Gasteiger partial charge in [0.05, 0.1) is 0 Å². The Morgan fingerprint density at radius 1 is 1.05 bits per heavy atom. The summed E-state index contributed by atoms with van der Waals surface area (Å²) in [5, 5.41) is 0. The number of Topliss-reactive ketones (excluding diaryl/α,β-unsaturated/α-hetero) is 1. The molecule has 0 N–H and O–H groups in total. The fraction of sp³-hybridized carbons (Fsp3) is 0.632. The van der Waals surface area contributed by atoms with E-state index in [1.54, 1.807) is 6.92 Å². The summed E-state index contributed by atoms with van der Waals surface area (Å²) in [6.45, 7) is 6.33. The van der Waals surface area contributed by atoms with Crippen molar-refractivity contribution in [2.45, 2.75) is 70.6 Å². The van der Waals surface area contributed by atoms with Gasteiger partial charge in [-0.15, -0.1) is 0 Å². The first-order valence-electron chi connectivity index (χ1n) is 8.09. The van der Waals surface area contributed by atoms with Gasteiger partial charge < -0.3 is 0 Å². The molecule has 3 aliphatic rings. The predicted molar refractivity (Wildman–Crippen MR) is 83.0 cm³/mol. The third-order valence-electron chi connectivity index (χ3n) is 6.16. The van der Waals surface area contributed by atoms with Crippen molar-refractivity contribution < 1.29 is 4.79 Å². The quantitative estimate of drug-likeness (QED) is 0.756. The van der Waals surface area contributed by atoms with Gasteiger partial charge in [-0.2, -0.15) is 0 Å². The number of rotatable bonds is 3. The van der Waals surface area contributed by atoms with E-state index in [2.05, 4.69) is 38.1 Å². The van der Waals surface area contributed by atoms with Gasteiger partial charge in [-0.05, 0) is 67.9 Å². The highest BCUT2D eigenvalue weighted by Crippen LogP contribution is 2.58. The van der Waals surface area contributed by atoms with Crippen molar-refractivity contribution in [1.82, 2.24) is 0 Å². The second kappa shape index (κ2) is 4.72. The summed E-state index contributed by atoms with van der Waals surface area (Å²) in [7, 11) is 0. The molecule has 2 bridgehead atoms. The Balaban J connectivity index is 1.89. The molecule has 0 spiro atoms. The molecule has 0 aromatic heterocycles. The van der Waals surface area contributed by atoms with Gasteiger partial charge in [0.15, 0.2) is 0 Å². The fourth-order valence-electron chi connectivity index (χ4n) is 4.37. The van der Waals surface area contributed by atoms with Crippen molar-refractivity contribution in [3.63, 3.8) is 0 Å². The molecule has 0 unspecified atom stereocenters. The van der Waals surface area contributed by atoms with Crippen LogP contribution in [0.15, 0.2) is 24.3 Å². The summed E-state index contributed by atoms with van der Waals surface area (Å²) < 4.78 is 0. The van der Waals surface area contributed by atoms with Crippen LogP contribution in [0.5, 0.6) is 0 Å². The van der Waals surface area contributed by atoms with Gasteiger partial charge in [0, 0.05) is 5.41 Å². The molecule has 20 heavy (non-hydrogen) atoms. The third kappa shape index (κ3) is 2.03. The summed E-state index contributed by atoms with van der Waals surface area (Å²) in [5.74, 6) is 1.02. The maximum atomic E-state index is 12.0. The van der Waals surface area contributed by atoms with Crippen LogP contribution < -0.4 is 0 Å².